The largest absolute Gasteiger partial charge is 0.376 e. The average Bonchev–Trinajstić information content (AvgIpc) is 2.92. The third-order valence-electron chi connectivity index (χ3n) is 3.85. The first kappa shape index (κ1) is 15.7. The van der Waals surface area contributed by atoms with Gasteiger partial charge in [-0.05, 0) is 72.3 Å². The molecule has 21 heavy (non-hydrogen) atoms. The Labute approximate surface area is 147 Å². The second-order valence-corrected chi connectivity index (χ2v) is 8.17. The molecule has 0 saturated heterocycles. The lowest BCUT2D eigenvalue weighted by Crippen LogP contribution is -2.05. The molecule has 2 aromatic rings. The van der Waals surface area contributed by atoms with Crippen molar-refractivity contribution in [1.82, 2.24) is 0 Å². The summed E-state index contributed by atoms with van der Waals surface area (Å²) in [6.07, 6.45) is 5.10. The van der Waals surface area contributed by atoms with Crippen molar-refractivity contribution in [3.05, 3.63) is 48.0 Å². The number of anilines is 1. The zero-order valence-corrected chi connectivity index (χ0v) is 15.6. The van der Waals surface area contributed by atoms with Crippen molar-refractivity contribution in [2.45, 2.75) is 38.6 Å². The van der Waals surface area contributed by atoms with Gasteiger partial charge in [-0.3, -0.25) is 0 Å². The van der Waals surface area contributed by atoms with Crippen LogP contribution in [-0.2, 0) is 12.8 Å². The van der Waals surface area contributed by atoms with Gasteiger partial charge in [0.05, 0.1) is 21.8 Å². The smallest absolute Gasteiger partial charge is 0.0835 e. The van der Waals surface area contributed by atoms with E-state index in [0.29, 0.717) is 10.0 Å². The van der Waals surface area contributed by atoms with Crippen LogP contribution >= 0.6 is 50.5 Å². The predicted octanol–water partition coefficient (Wildman–Crippen LogP) is 6.87. The molecule has 1 atom stereocenters. The third-order valence-corrected chi connectivity index (χ3v) is 7.04. The first-order valence-electron chi connectivity index (χ1n) is 7.08. The molecule has 0 radical (unpaired) electrons. The number of nitrogens with one attached hydrogen (secondary N) is 1. The van der Waals surface area contributed by atoms with Crippen LogP contribution in [0.3, 0.4) is 0 Å². The van der Waals surface area contributed by atoms with Crippen LogP contribution in [0.1, 0.15) is 41.1 Å². The molecule has 1 aliphatic rings. The van der Waals surface area contributed by atoms with Crippen LogP contribution in [0.15, 0.2) is 22.7 Å². The summed E-state index contributed by atoms with van der Waals surface area (Å²) in [6.45, 7) is 2.17. The fourth-order valence-electron chi connectivity index (χ4n) is 2.67. The molecular weight excluding hydrogens is 389 g/mol. The van der Waals surface area contributed by atoms with Gasteiger partial charge in [0, 0.05) is 14.2 Å². The summed E-state index contributed by atoms with van der Waals surface area (Å²) in [5.74, 6) is 0. The van der Waals surface area contributed by atoms with Gasteiger partial charge >= 0.3 is 0 Å². The Morgan fingerprint density at radius 2 is 1.95 bits per heavy atom. The first-order chi connectivity index (χ1) is 10.1. The number of halogens is 3. The second-order valence-electron chi connectivity index (χ2n) is 5.39. The van der Waals surface area contributed by atoms with Crippen molar-refractivity contribution in [3.63, 3.8) is 0 Å². The Hall–Kier alpha value is -0.220. The van der Waals surface area contributed by atoms with Crippen LogP contribution in [0, 0.1) is 0 Å². The predicted molar refractivity (Wildman–Crippen MR) is 97.2 cm³/mol. The van der Waals surface area contributed by atoms with Crippen molar-refractivity contribution in [2.75, 3.05) is 5.32 Å². The van der Waals surface area contributed by atoms with Gasteiger partial charge in [0.15, 0.2) is 0 Å². The summed E-state index contributed by atoms with van der Waals surface area (Å²) >= 11 is 17.8. The van der Waals surface area contributed by atoms with E-state index in [1.165, 1.54) is 36.1 Å². The Bertz CT molecular complexity index is 645. The molecule has 0 amide bonds. The maximum atomic E-state index is 6.31. The Morgan fingerprint density at radius 3 is 2.71 bits per heavy atom. The van der Waals surface area contributed by atoms with Gasteiger partial charge in [0.1, 0.15) is 0 Å². The third kappa shape index (κ3) is 3.26. The minimum Gasteiger partial charge on any atom is -0.376 e. The van der Waals surface area contributed by atoms with E-state index in [0.717, 1.165) is 10.2 Å². The topological polar surface area (TPSA) is 12.0 Å². The fourth-order valence-corrected chi connectivity index (χ4v) is 4.76. The SMILES string of the molecule is CC(Nc1ccc(Br)c(Cl)c1Cl)c1cc2c(s1)CCCC2. The number of benzene rings is 1. The number of hydrogen-bond acceptors (Lipinski definition) is 2. The van der Waals surface area contributed by atoms with E-state index in [-0.39, 0.29) is 6.04 Å². The molecule has 1 unspecified atom stereocenters. The molecule has 112 valence electrons. The van der Waals surface area contributed by atoms with E-state index in [2.05, 4.69) is 34.2 Å². The van der Waals surface area contributed by atoms with Gasteiger partial charge in [-0.25, -0.2) is 0 Å². The summed E-state index contributed by atoms with van der Waals surface area (Å²) in [5.41, 5.74) is 2.42. The normalized spacial score (nSPS) is 15.6. The molecule has 1 N–H and O–H groups in total. The van der Waals surface area contributed by atoms with Crippen molar-refractivity contribution < 1.29 is 0 Å². The van der Waals surface area contributed by atoms with Crippen LogP contribution < -0.4 is 5.32 Å². The van der Waals surface area contributed by atoms with E-state index in [9.17, 15) is 0 Å². The molecule has 3 rings (SSSR count). The zero-order valence-electron chi connectivity index (χ0n) is 11.7. The minimum absolute atomic E-state index is 0.232. The highest BCUT2D eigenvalue weighted by atomic mass is 79.9. The lowest BCUT2D eigenvalue weighted by Gasteiger charge is -2.16. The molecule has 0 spiro atoms. The van der Waals surface area contributed by atoms with E-state index < -0.39 is 0 Å². The number of thiophene rings is 1. The van der Waals surface area contributed by atoms with Crippen molar-refractivity contribution in [3.8, 4) is 0 Å². The Balaban J connectivity index is 1.81. The van der Waals surface area contributed by atoms with Crippen molar-refractivity contribution >= 4 is 56.2 Å². The van der Waals surface area contributed by atoms with Crippen LogP contribution in [0.4, 0.5) is 5.69 Å². The average molecular weight is 405 g/mol. The van der Waals surface area contributed by atoms with Gasteiger partial charge in [0.2, 0.25) is 0 Å². The van der Waals surface area contributed by atoms with Gasteiger partial charge in [0.25, 0.3) is 0 Å². The van der Waals surface area contributed by atoms with Crippen LogP contribution in [-0.4, -0.2) is 0 Å². The maximum Gasteiger partial charge on any atom is 0.0835 e. The summed E-state index contributed by atoms with van der Waals surface area (Å²) in [7, 11) is 0. The zero-order chi connectivity index (χ0) is 15.0. The molecule has 0 bridgehead atoms. The highest BCUT2D eigenvalue weighted by Crippen LogP contribution is 2.39. The monoisotopic (exact) mass is 403 g/mol. The van der Waals surface area contributed by atoms with Crippen molar-refractivity contribution in [1.29, 1.82) is 0 Å². The van der Waals surface area contributed by atoms with Gasteiger partial charge in [-0.1, -0.05) is 23.2 Å². The van der Waals surface area contributed by atoms with E-state index >= 15 is 0 Å². The molecular formula is C16H16BrCl2NS. The lowest BCUT2D eigenvalue weighted by molar-refractivity contribution is 0.696. The minimum atomic E-state index is 0.232. The summed E-state index contributed by atoms with van der Waals surface area (Å²) < 4.78 is 0.818. The summed E-state index contributed by atoms with van der Waals surface area (Å²) in [6, 6.07) is 6.46. The first-order valence-corrected chi connectivity index (χ1v) is 9.44. The molecule has 0 aliphatic heterocycles. The molecule has 5 heteroatoms. The summed E-state index contributed by atoms with van der Waals surface area (Å²) in [4.78, 5) is 2.93. The highest BCUT2D eigenvalue weighted by Gasteiger charge is 2.18. The van der Waals surface area contributed by atoms with Gasteiger partial charge in [-0.2, -0.15) is 0 Å². The fraction of sp³-hybridized carbons (Fsp3) is 0.375. The lowest BCUT2D eigenvalue weighted by atomic mass is 9.99. The maximum absolute atomic E-state index is 6.31. The van der Waals surface area contributed by atoms with Gasteiger partial charge in [-0.15, -0.1) is 11.3 Å². The van der Waals surface area contributed by atoms with Crippen LogP contribution in [0.2, 0.25) is 10.0 Å². The molecule has 1 aliphatic carbocycles. The van der Waals surface area contributed by atoms with Crippen LogP contribution in [0.25, 0.3) is 0 Å². The quantitative estimate of drug-likeness (QED) is 0.550. The molecule has 0 fully saturated rings. The standard InChI is InChI=1S/C16H16BrCl2NS/c1-9(14-8-10-4-2-3-5-13(10)21-14)20-12-7-6-11(17)15(18)16(12)19/h6-9,20H,2-5H2,1H3. The molecule has 1 nitrogen and oxygen atoms in total. The van der Waals surface area contributed by atoms with Crippen molar-refractivity contribution in [2.24, 2.45) is 0 Å². The Morgan fingerprint density at radius 1 is 1.19 bits per heavy atom. The van der Waals surface area contributed by atoms with E-state index in [4.69, 9.17) is 23.2 Å². The summed E-state index contributed by atoms with van der Waals surface area (Å²) in [5, 5.41) is 4.60. The molecule has 1 aromatic heterocycles. The van der Waals surface area contributed by atoms with E-state index in [1.54, 1.807) is 4.88 Å². The van der Waals surface area contributed by atoms with Gasteiger partial charge < -0.3 is 5.32 Å². The van der Waals surface area contributed by atoms with E-state index in [1.807, 2.05) is 23.5 Å². The highest BCUT2D eigenvalue weighted by molar-refractivity contribution is 9.10. The molecule has 1 heterocycles. The number of hydrogen-bond donors (Lipinski definition) is 1. The number of fused-ring (bicyclic) bond motifs is 1. The Kier molecular flexibility index (Phi) is 4.84. The second kappa shape index (κ2) is 6.49. The molecule has 1 aromatic carbocycles. The number of rotatable bonds is 3. The number of aryl methyl sites for hydroxylation is 2. The molecule has 0 saturated carbocycles. The van der Waals surface area contributed by atoms with Crippen LogP contribution in [0.5, 0.6) is 0 Å².